The Bertz CT molecular complexity index is 290. The molecule has 0 fully saturated rings. The molecule has 58 valence electrons. The van der Waals surface area contributed by atoms with Gasteiger partial charge in [-0.1, -0.05) is 6.58 Å². The zero-order chi connectivity index (χ0) is 8.43. The van der Waals surface area contributed by atoms with E-state index in [1.165, 1.54) is 0 Å². The summed E-state index contributed by atoms with van der Waals surface area (Å²) in [6.45, 7) is 7.59. The minimum Gasteiger partial charge on any atom is -0.399 e. The van der Waals surface area contributed by atoms with E-state index in [2.05, 4.69) is 11.6 Å². The standard InChI is InChI=1S/C9H12N2/c1-6-5-11-7(2)4-9(6)8(3)10/h4-5H,3,10H2,1-2H3. The Hall–Kier alpha value is -1.31. The number of aryl methyl sites for hydroxylation is 2. The molecule has 1 rings (SSSR count). The molecule has 0 amide bonds. The first kappa shape index (κ1) is 7.79. The van der Waals surface area contributed by atoms with Crippen LogP contribution >= 0.6 is 0 Å². The predicted octanol–water partition coefficient (Wildman–Crippen LogP) is 1.63. The molecule has 2 heteroatoms. The largest absolute Gasteiger partial charge is 0.399 e. The third-order valence-corrected chi connectivity index (χ3v) is 1.59. The molecule has 0 aliphatic rings. The van der Waals surface area contributed by atoms with Crippen molar-refractivity contribution in [2.75, 3.05) is 0 Å². The molecule has 0 atom stereocenters. The molecule has 0 saturated heterocycles. The molecule has 0 spiro atoms. The predicted molar refractivity (Wildman–Crippen MR) is 46.9 cm³/mol. The van der Waals surface area contributed by atoms with Crippen molar-refractivity contribution in [3.63, 3.8) is 0 Å². The van der Waals surface area contributed by atoms with Crippen LogP contribution in [-0.2, 0) is 0 Å². The van der Waals surface area contributed by atoms with Crippen LogP contribution in [0.15, 0.2) is 18.8 Å². The van der Waals surface area contributed by atoms with Gasteiger partial charge in [0.15, 0.2) is 0 Å². The van der Waals surface area contributed by atoms with E-state index in [1.54, 1.807) is 0 Å². The first-order valence-corrected chi connectivity index (χ1v) is 3.49. The minimum absolute atomic E-state index is 0.605. The van der Waals surface area contributed by atoms with Crippen molar-refractivity contribution in [2.24, 2.45) is 5.73 Å². The molecule has 1 heterocycles. The second-order valence-corrected chi connectivity index (χ2v) is 2.67. The van der Waals surface area contributed by atoms with E-state index in [9.17, 15) is 0 Å². The van der Waals surface area contributed by atoms with Crippen molar-refractivity contribution >= 4 is 5.70 Å². The van der Waals surface area contributed by atoms with Crippen molar-refractivity contribution < 1.29 is 0 Å². The Morgan fingerprint density at radius 2 is 2.18 bits per heavy atom. The van der Waals surface area contributed by atoms with Crippen molar-refractivity contribution in [1.29, 1.82) is 0 Å². The van der Waals surface area contributed by atoms with Gasteiger partial charge >= 0.3 is 0 Å². The van der Waals surface area contributed by atoms with E-state index in [4.69, 9.17) is 5.73 Å². The summed E-state index contributed by atoms with van der Waals surface area (Å²) in [5.74, 6) is 0. The lowest BCUT2D eigenvalue weighted by Crippen LogP contribution is -1.98. The lowest BCUT2D eigenvalue weighted by Gasteiger charge is -2.04. The Labute approximate surface area is 66.8 Å². The lowest BCUT2D eigenvalue weighted by atomic mass is 10.1. The molecule has 0 saturated carbocycles. The number of pyridine rings is 1. The highest BCUT2D eigenvalue weighted by Crippen LogP contribution is 2.12. The van der Waals surface area contributed by atoms with Gasteiger partial charge in [0.25, 0.3) is 0 Å². The first-order chi connectivity index (χ1) is 5.11. The molecule has 1 aromatic rings. The summed E-state index contributed by atoms with van der Waals surface area (Å²) in [5.41, 5.74) is 9.21. The van der Waals surface area contributed by atoms with E-state index in [1.807, 2.05) is 26.1 Å². The molecule has 0 aliphatic heterocycles. The van der Waals surface area contributed by atoms with E-state index in [-0.39, 0.29) is 0 Å². The second kappa shape index (κ2) is 2.74. The van der Waals surface area contributed by atoms with Crippen LogP contribution in [0.3, 0.4) is 0 Å². The van der Waals surface area contributed by atoms with Gasteiger partial charge in [0.2, 0.25) is 0 Å². The van der Waals surface area contributed by atoms with Gasteiger partial charge in [-0.15, -0.1) is 0 Å². The molecule has 11 heavy (non-hydrogen) atoms. The smallest absolute Gasteiger partial charge is 0.0379 e. The van der Waals surface area contributed by atoms with Gasteiger partial charge in [-0.2, -0.15) is 0 Å². The van der Waals surface area contributed by atoms with Gasteiger partial charge in [0, 0.05) is 23.2 Å². The number of hydrogen-bond acceptors (Lipinski definition) is 2. The Morgan fingerprint density at radius 1 is 1.55 bits per heavy atom. The van der Waals surface area contributed by atoms with E-state index in [0.29, 0.717) is 5.70 Å². The maximum absolute atomic E-state index is 5.56. The Balaban J connectivity index is 3.23. The first-order valence-electron chi connectivity index (χ1n) is 3.49. The minimum atomic E-state index is 0.605. The van der Waals surface area contributed by atoms with Crippen LogP contribution in [0, 0.1) is 13.8 Å². The number of nitrogens with two attached hydrogens (primary N) is 1. The zero-order valence-electron chi connectivity index (χ0n) is 6.89. The van der Waals surface area contributed by atoms with Crippen molar-refractivity contribution in [3.05, 3.63) is 35.7 Å². The fraction of sp³-hybridized carbons (Fsp3) is 0.222. The number of hydrogen-bond donors (Lipinski definition) is 1. The Kier molecular flexibility index (Phi) is 1.94. The molecule has 1 aromatic heterocycles. The summed E-state index contributed by atoms with van der Waals surface area (Å²) < 4.78 is 0. The summed E-state index contributed by atoms with van der Waals surface area (Å²) in [6, 6.07) is 1.94. The average molecular weight is 148 g/mol. The summed E-state index contributed by atoms with van der Waals surface area (Å²) in [5, 5.41) is 0. The summed E-state index contributed by atoms with van der Waals surface area (Å²) in [6.07, 6.45) is 1.81. The fourth-order valence-corrected chi connectivity index (χ4v) is 0.974. The summed E-state index contributed by atoms with van der Waals surface area (Å²) in [4.78, 5) is 4.13. The van der Waals surface area contributed by atoms with Crippen LogP contribution in [0.25, 0.3) is 5.70 Å². The lowest BCUT2D eigenvalue weighted by molar-refractivity contribution is 1.16. The van der Waals surface area contributed by atoms with Crippen LogP contribution < -0.4 is 5.73 Å². The van der Waals surface area contributed by atoms with Crippen LogP contribution in [0.2, 0.25) is 0 Å². The molecule has 0 radical (unpaired) electrons. The van der Waals surface area contributed by atoms with Crippen LogP contribution in [0.1, 0.15) is 16.8 Å². The third kappa shape index (κ3) is 1.58. The molecule has 2 nitrogen and oxygen atoms in total. The van der Waals surface area contributed by atoms with E-state index in [0.717, 1.165) is 16.8 Å². The quantitative estimate of drug-likeness (QED) is 0.657. The average Bonchev–Trinajstić information content (AvgIpc) is 1.94. The number of rotatable bonds is 1. The van der Waals surface area contributed by atoms with Gasteiger partial charge in [0.1, 0.15) is 0 Å². The van der Waals surface area contributed by atoms with Crippen LogP contribution in [0.4, 0.5) is 0 Å². The van der Waals surface area contributed by atoms with Crippen molar-refractivity contribution in [1.82, 2.24) is 4.98 Å². The molecule has 2 N–H and O–H groups in total. The normalized spacial score (nSPS) is 9.64. The number of aromatic nitrogens is 1. The second-order valence-electron chi connectivity index (χ2n) is 2.67. The highest BCUT2D eigenvalue weighted by atomic mass is 14.7. The highest BCUT2D eigenvalue weighted by Gasteiger charge is 1.99. The van der Waals surface area contributed by atoms with Gasteiger partial charge in [-0.25, -0.2) is 0 Å². The fourth-order valence-electron chi connectivity index (χ4n) is 0.974. The Morgan fingerprint density at radius 3 is 2.64 bits per heavy atom. The molecule has 0 unspecified atom stereocenters. The van der Waals surface area contributed by atoms with Gasteiger partial charge in [0.05, 0.1) is 0 Å². The molecule has 0 aromatic carbocycles. The van der Waals surface area contributed by atoms with E-state index < -0.39 is 0 Å². The van der Waals surface area contributed by atoms with Crippen LogP contribution in [0.5, 0.6) is 0 Å². The summed E-state index contributed by atoms with van der Waals surface area (Å²) >= 11 is 0. The summed E-state index contributed by atoms with van der Waals surface area (Å²) in [7, 11) is 0. The molecular weight excluding hydrogens is 136 g/mol. The van der Waals surface area contributed by atoms with Crippen LogP contribution in [-0.4, -0.2) is 4.98 Å². The van der Waals surface area contributed by atoms with Crippen molar-refractivity contribution in [2.45, 2.75) is 13.8 Å². The SMILES string of the molecule is C=C(N)c1cc(C)ncc1C. The monoisotopic (exact) mass is 148 g/mol. The number of nitrogens with zero attached hydrogens (tertiary/aromatic N) is 1. The van der Waals surface area contributed by atoms with Gasteiger partial charge in [-0.3, -0.25) is 4.98 Å². The topological polar surface area (TPSA) is 38.9 Å². The maximum Gasteiger partial charge on any atom is 0.0379 e. The third-order valence-electron chi connectivity index (χ3n) is 1.59. The molecule has 0 bridgehead atoms. The van der Waals surface area contributed by atoms with Gasteiger partial charge < -0.3 is 5.73 Å². The van der Waals surface area contributed by atoms with Gasteiger partial charge in [-0.05, 0) is 25.5 Å². The molecular formula is C9H12N2. The highest BCUT2D eigenvalue weighted by molar-refractivity contribution is 5.63. The zero-order valence-corrected chi connectivity index (χ0v) is 6.89. The van der Waals surface area contributed by atoms with E-state index >= 15 is 0 Å². The maximum atomic E-state index is 5.56. The van der Waals surface area contributed by atoms with Crippen molar-refractivity contribution in [3.8, 4) is 0 Å². The molecule has 0 aliphatic carbocycles.